The van der Waals surface area contributed by atoms with Gasteiger partial charge in [0.05, 0.1) is 25.6 Å². The van der Waals surface area contributed by atoms with E-state index in [4.69, 9.17) is 4.74 Å². The van der Waals surface area contributed by atoms with Gasteiger partial charge in [-0.3, -0.25) is 57.5 Å². The molecule has 592 valence electrons. The van der Waals surface area contributed by atoms with Crippen LogP contribution < -0.4 is 16.0 Å². The monoisotopic (exact) mass is 1490 g/mol. The molecule has 0 aromatic rings. The molecular weight excluding hydrogens is 1380 g/mol. The van der Waals surface area contributed by atoms with E-state index in [0.717, 1.165) is 32.4 Å². The first-order valence-corrected chi connectivity index (χ1v) is 38.4. The summed E-state index contributed by atoms with van der Waals surface area (Å²) in [5.41, 5.74) is -1.65. The molecule has 3 N–H and O–H groups in total. The minimum Gasteiger partial charge on any atom is -0.377 e. The van der Waals surface area contributed by atoms with Gasteiger partial charge >= 0.3 is 6.18 Å². The average Bonchev–Trinajstić information content (AvgIpc) is 1.16. The molecular formula is C74H116F6N12O13. The maximum absolute atomic E-state index is 15.5. The third-order valence-corrected chi connectivity index (χ3v) is 24.2. The van der Waals surface area contributed by atoms with Crippen LogP contribution in [0.3, 0.4) is 0 Å². The maximum atomic E-state index is 15.5. The Hall–Kier alpha value is -6.82. The molecule has 3 heterocycles. The number of nitrogens with zero attached hydrogens (tertiary/aromatic N) is 9. The van der Waals surface area contributed by atoms with Crippen LogP contribution in [0.15, 0.2) is 0 Å². The Morgan fingerprint density at radius 3 is 1.77 bits per heavy atom. The number of amides is 12. The van der Waals surface area contributed by atoms with Crippen LogP contribution >= 0.6 is 0 Å². The molecule has 12 atom stereocenters. The van der Waals surface area contributed by atoms with Crippen LogP contribution in [0.4, 0.5) is 26.3 Å². The predicted octanol–water partition coefficient (Wildman–Crippen LogP) is 5.49. The molecule has 0 aromatic heterocycles. The van der Waals surface area contributed by atoms with Crippen molar-refractivity contribution in [3.63, 3.8) is 0 Å². The zero-order chi connectivity index (χ0) is 77.3. The molecule has 8 fully saturated rings. The number of alkyl halides is 6. The number of carbonyl (C=O) groups is 12. The highest BCUT2D eigenvalue weighted by Gasteiger charge is 2.56. The summed E-state index contributed by atoms with van der Waals surface area (Å²) >= 11 is 0. The molecule has 5 aliphatic carbocycles. The number of likely N-dealkylation sites (N-methyl/N-ethyl adjacent to an activating group) is 7. The molecule has 0 radical (unpaired) electrons. The van der Waals surface area contributed by atoms with Gasteiger partial charge in [0.25, 0.3) is 0 Å². The SMILES string of the molecule is CCO[C@@H]1C[C@H]2C(=O)NC3(CCC3)C(=O)N(C)[C@@H](C3CCCC3)C(=O)N(C)[C@H](C(=O)N(C)C)CC(=O)N(C)[C@@H](CC3CC3)C(=O)N[C@@H]([C@@H](C)CC)C(=O)N(C)CC(=O)N(C)[C@H]3CCCCCN(C3=O)[C@@H](CC3CCC(F)CC3)C(=O)N(C)CC(=O)N[C@@H](CCC3CC(F)C(C(F)(F)F)C(F)C3)C(=O)N2C1. The standard InChI is InChI=1S/C74H116F6N12O13/c1-12-43(3)62-70(102)86(7)42-60(95)87(8)53-22-15-14-18-33-91(69(53)101)57(37-45-25-28-48(75)29-26-45)68(100)85(6)41-58(93)81-52(30-27-46-34-50(76)61(51(77)35-46)74(78,79)80)66(98)92-40-49(105-13-2)38-55(92)65(97)83-73(31-19-32-73)72(104)90(11)63(47-20-16-17-21-47)71(103)89(10)56(67(99)84(4)5)39-59(94)88(9)54(64(96)82-62)36-44-23-24-44/h43-57,61-63H,12-42H2,1-11H3,(H,81,93)(H,82,96)(H,83,97)/t43-,45?,46?,48?,49+,50?,51?,52-,53-,54-,55-,56-,57-,61?,62-,63-/m0/s1. The van der Waals surface area contributed by atoms with Crippen LogP contribution in [0.1, 0.15) is 188 Å². The molecule has 5 saturated carbocycles. The fraction of sp³-hybridized carbons (Fsp3) is 0.838. The molecule has 3 aliphatic heterocycles. The minimum absolute atomic E-state index is 0.0370. The number of halogens is 6. The van der Waals surface area contributed by atoms with Crippen molar-refractivity contribution in [1.29, 1.82) is 0 Å². The summed E-state index contributed by atoms with van der Waals surface area (Å²) in [7, 11) is 11.3. The van der Waals surface area contributed by atoms with Gasteiger partial charge < -0.3 is 64.8 Å². The number of carbonyl (C=O) groups excluding carboxylic acids is 12. The van der Waals surface area contributed by atoms with Crippen molar-refractivity contribution >= 4 is 70.9 Å². The van der Waals surface area contributed by atoms with Crippen LogP contribution in [0, 0.1) is 35.5 Å². The molecule has 2 bridgehead atoms. The number of hydrogen-bond donors (Lipinski definition) is 3. The molecule has 31 heteroatoms. The van der Waals surface area contributed by atoms with E-state index in [-0.39, 0.29) is 89.3 Å². The first kappa shape index (κ1) is 83.8. The lowest BCUT2D eigenvalue weighted by atomic mass is 9.74. The Balaban J connectivity index is 1.19. The Morgan fingerprint density at radius 1 is 0.600 bits per heavy atom. The molecule has 3 saturated heterocycles. The fourth-order valence-corrected chi connectivity index (χ4v) is 17.2. The van der Waals surface area contributed by atoms with Crippen molar-refractivity contribution in [2.75, 3.05) is 89.2 Å². The highest BCUT2D eigenvalue weighted by Crippen LogP contribution is 2.45. The lowest BCUT2D eigenvalue weighted by Gasteiger charge is -2.46. The number of hydrogen-bond acceptors (Lipinski definition) is 13. The first-order chi connectivity index (χ1) is 49.5. The second-order valence-electron chi connectivity index (χ2n) is 31.9. The minimum atomic E-state index is -5.18. The van der Waals surface area contributed by atoms with E-state index in [1.807, 2.05) is 6.92 Å². The van der Waals surface area contributed by atoms with Crippen molar-refractivity contribution < 1.29 is 88.6 Å². The molecule has 0 aromatic carbocycles. The lowest BCUT2D eigenvalue weighted by molar-refractivity contribution is -0.219. The molecule has 1 spiro atoms. The van der Waals surface area contributed by atoms with Crippen LogP contribution in [0.5, 0.6) is 0 Å². The van der Waals surface area contributed by atoms with Gasteiger partial charge in [-0.25, -0.2) is 13.2 Å². The Morgan fingerprint density at radius 2 is 1.20 bits per heavy atom. The van der Waals surface area contributed by atoms with Gasteiger partial charge in [-0.05, 0) is 146 Å². The zero-order valence-electron chi connectivity index (χ0n) is 63.4. The van der Waals surface area contributed by atoms with E-state index in [0.29, 0.717) is 70.6 Å². The maximum Gasteiger partial charge on any atom is 0.397 e. The molecule has 25 nitrogen and oxygen atoms in total. The second-order valence-corrected chi connectivity index (χ2v) is 31.9. The van der Waals surface area contributed by atoms with E-state index in [1.54, 1.807) is 13.8 Å². The van der Waals surface area contributed by atoms with E-state index in [2.05, 4.69) is 16.0 Å². The normalized spacial score (nSPS) is 32.9. The summed E-state index contributed by atoms with van der Waals surface area (Å²) in [5.74, 6) is -13.7. The van der Waals surface area contributed by atoms with E-state index in [1.165, 1.54) is 80.9 Å². The third kappa shape index (κ3) is 20.3. The van der Waals surface area contributed by atoms with E-state index < -0.39 is 218 Å². The summed E-state index contributed by atoms with van der Waals surface area (Å²) in [4.78, 5) is 192. The van der Waals surface area contributed by atoms with Gasteiger partial charge in [0.15, 0.2) is 0 Å². The van der Waals surface area contributed by atoms with E-state index in [9.17, 15) is 46.3 Å². The van der Waals surface area contributed by atoms with Crippen molar-refractivity contribution in [2.45, 2.75) is 272 Å². The molecule has 12 amide bonds. The van der Waals surface area contributed by atoms with Gasteiger partial charge in [0.2, 0.25) is 70.9 Å². The smallest absolute Gasteiger partial charge is 0.377 e. The van der Waals surface area contributed by atoms with Crippen molar-refractivity contribution in [3.05, 3.63) is 0 Å². The van der Waals surface area contributed by atoms with Gasteiger partial charge in [-0.15, -0.1) is 0 Å². The van der Waals surface area contributed by atoms with Gasteiger partial charge in [-0.2, -0.15) is 13.2 Å². The Labute approximate surface area is 614 Å². The van der Waals surface area contributed by atoms with E-state index >= 15 is 37.5 Å². The summed E-state index contributed by atoms with van der Waals surface area (Å²) < 4.78 is 93.6. The van der Waals surface area contributed by atoms with Gasteiger partial charge in [0, 0.05) is 82.5 Å². The molecule has 8 rings (SSSR count). The number of ether oxygens (including phenoxy) is 1. The number of rotatable bonds is 13. The van der Waals surface area contributed by atoms with Crippen LogP contribution in [0.2, 0.25) is 0 Å². The largest absolute Gasteiger partial charge is 0.397 e. The molecule has 8 aliphatic rings. The van der Waals surface area contributed by atoms with Gasteiger partial charge in [-0.1, -0.05) is 58.8 Å². The highest BCUT2D eigenvalue weighted by molar-refractivity contribution is 6.01. The second kappa shape index (κ2) is 36.4. The summed E-state index contributed by atoms with van der Waals surface area (Å²) in [6.07, 6.45) is -7.24. The summed E-state index contributed by atoms with van der Waals surface area (Å²) in [5, 5.41) is 8.56. The van der Waals surface area contributed by atoms with Gasteiger partial charge in [0.1, 0.15) is 78.3 Å². The number of fused-ring (bicyclic) bond motifs is 3. The fourth-order valence-electron chi connectivity index (χ4n) is 17.2. The Bertz CT molecular complexity index is 3100. The van der Waals surface area contributed by atoms with Crippen molar-refractivity contribution in [1.82, 2.24) is 60.0 Å². The number of nitrogens with one attached hydrogen (secondary N) is 3. The van der Waals surface area contributed by atoms with Crippen molar-refractivity contribution in [3.8, 4) is 0 Å². The highest BCUT2D eigenvalue weighted by atomic mass is 19.4. The summed E-state index contributed by atoms with van der Waals surface area (Å²) in [6.45, 7) is 3.85. The van der Waals surface area contributed by atoms with Crippen LogP contribution in [-0.2, 0) is 62.3 Å². The lowest BCUT2D eigenvalue weighted by Crippen LogP contribution is -2.68. The predicted molar refractivity (Wildman–Crippen MR) is 374 cm³/mol. The Kier molecular flexibility index (Phi) is 29.0. The van der Waals surface area contributed by atoms with Crippen LogP contribution in [0.25, 0.3) is 0 Å². The zero-order valence-corrected chi connectivity index (χ0v) is 63.4. The van der Waals surface area contributed by atoms with Crippen molar-refractivity contribution in [2.24, 2.45) is 35.5 Å². The molecule has 105 heavy (non-hydrogen) atoms. The van der Waals surface area contributed by atoms with Crippen LogP contribution in [-0.4, -0.2) is 289 Å². The summed E-state index contributed by atoms with van der Waals surface area (Å²) in [6, 6.07) is -10.6. The quantitative estimate of drug-likeness (QED) is 0.193. The first-order valence-electron chi connectivity index (χ1n) is 38.4. The molecule has 2 unspecified atom stereocenters. The average molecular weight is 1500 g/mol. The third-order valence-electron chi connectivity index (χ3n) is 24.2. The topological polar surface area (TPSA) is 279 Å².